The van der Waals surface area contributed by atoms with Crippen molar-refractivity contribution in [2.45, 2.75) is 33.7 Å². The smallest absolute Gasteiger partial charge is 0.142 e. The molecule has 0 aromatic heterocycles. The Kier molecular flexibility index (Phi) is 4.04. The maximum Gasteiger partial charge on any atom is 0.142 e. The van der Waals surface area contributed by atoms with Crippen LogP contribution in [-0.4, -0.2) is 32.8 Å². The summed E-state index contributed by atoms with van der Waals surface area (Å²) in [5.41, 5.74) is 2.75. The van der Waals surface area contributed by atoms with Gasteiger partial charge in [-0.05, 0) is 37.0 Å². The number of anilines is 1. The molecule has 1 unspecified atom stereocenters. The van der Waals surface area contributed by atoms with Crippen LogP contribution in [0.15, 0.2) is 18.2 Å². The van der Waals surface area contributed by atoms with Crippen LogP contribution in [0, 0.1) is 12.3 Å². The Morgan fingerprint density at radius 2 is 2.11 bits per heavy atom. The molecule has 0 aliphatic carbocycles. The van der Waals surface area contributed by atoms with Gasteiger partial charge in [0.15, 0.2) is 0 Å². The van der Waals surface area contributed by atoms with E-state index in [1.165, 1.54) is 11.3 Å². The number of aryl methyl sites for hydroxylation is 1. The molecule has 106 valence electrons. The van der Waals surface area contributed by atoms with Crippen molar-refractivity contribution < 1.29 is 4.74 Å². The van der Waals surface area contributed by atoms with Crippen LogP contribution in [0.25, 0.3) is 0 Å². The lowest BCUT2D eigenvalue weighted by Crippen LogP contribution is -2.36. The minimum atomic E-state index is 0.263. The highest BCUT2D eigenvalue weighted by molar-refractivity contribution is 5.60. The summed E-state index contributed by atoms with van der Waals surface area (Å²) in [6, 6.07) is 6.90. The molecule has 3 heteroatoms. The van der Waals surface area contributed by atoms with E-state index in [1.807, 2.05) is 0 Å². The van der Waals surface area contributed by atoms with Crippen LogP contribution in [0.4, 0.5) is 5.69 Å². The lowest BCUT2D eigenvalue weighted by atomic mass is 9.93. The molecule has 1 saturated heterocycles. The molecule has 0 spiro atoms. The second kappa shape index (κ2) is 5.41. The van der Waals surface area contributed by atoms with Gasteiger partial charge in [0.25, 0.3) is 0 Å². The molecule has 1 aliphatic heterocycles. The molecule has 1 N–H and O–H groups in total. The van der Waals surface area contributed by atoms with Crippen molar-refractivity contribution in [3.63, 3.8) is 0 Å². The highest BCUT2D eigenvalue weighted by atomic mass is 16.5. The molecule has 1 aromatic carbocycles. The fourth-order valence-corrected chi connectivity index (χ4v) is 2.71. The van der Waals surface area contributed by atoms with E-state index in [0.717, 1.165) is 25.4 Å². The van der Waals surface area contributed by atoms with Crippen molar-refractivity contribution in [2.75, 3.05) is 31.6 Å². The zero-order valence-corrected chi connectivity index (χ0v) is 12.8. The maximum atomic E-state index is 5.54. The number of nitrogens with zero attached hydrogens (tertiary/aromatic N) is 1. The Labute approximate surface area is 116 Å². The SMILES string of the molecule is COc1ccc(C)cc1N1CC(C)NCC(C)(C)C1. The number of rotatable bonds is 2. The summed E-state index contributed by atoms with van der Waals surface area (Å²) in [5.74, 6) is 0.968. The average Bonchev–Trinajstić information content (AvgIpc) is 2.48. The third kappa shape index (κ3) is 3.41. The topological polar surface area (TPSA) is 24.5 Å². The van der Waals surface area contributed by atoms with Gasteiger partial charge in [0.2, 0.25) is 0 Å². The van der Waals surface area contributed by atoms with Crippen molar-refractivity contribution in [3.8, 4) is 5.75 Å². The molecule has 0 bridgehead atoms. The lowest BCUT2D eigenvalue weighted by molar-refractivity contribution is 0.360. The predicted molar refractivity (Wildman–Crippen MR) is 81.2 cm³/mol. The molecule has 19 heavy (non-hydrogen) atoms. The standard InChI is InChI=1S/C16H26N2O/c1-12-6-7-15(19-5)14(8-12)18-9-13(2)17-10-16(3,4)11-18/h6-8,13,17H,9-11H2,1-5H3. The summed E-state index contributed by atoms with van der Waals surface area (Å²) in [4.78, 5) is 2.45. The number of hydrogen-bond donors (Lipinski definition) is 1. The first-order chi connectivity index (χ1) is 8.91. The normalized spacial score (nSPS) is 23.0. The molecule has 2 rings (SSSR count). The van der Waals surface area contributed by atoms with Gasteiger partial charge in [-0.2, -0.15) is 0 Å². The van der Waals surface area contributed by atoms with Gasteiger partial charge >= 0.3 is 0 Å². The Morgan fingerprint density at radius 1 is 1.37 bits per heavy atom. The molecule has 1 aromatic rings. The predicted octanol–water partition coefficient (Wildman–Crippen LogP) is 2.83. The lowest BCUT2D eigenvalue weighted by Gasteiger charge is -2.32. The van der Waals surface area contributed by atoms with Crippen molar-refractivity contribution in [2.24, 2.45) is 5.41 Å². The molecular formula is C16H26N2O. The van der Waals surface area contributed by atoms with E-state index in [2.05, 4.69) is 56.1 Å². The fourth-order valence-electron chi connectivity index (χ4n) is 2.71. The van der Waals surface area contributed by atoms with Gasteiger partial charge in [-0.1, -0.05) is 19.9 Å². The molecule has 1 fully saturated rings. The molecule has 3 nitrogen and oxygen atoms in total. The van der Waals surface area contributed by atoms with Crippen molar-refractivity contribution >= 4 is 5.69 Å². The molecular weight excluding hydrogens is 236 g/mol. The second-order valence-corrected chi connectivity index (χ2v) is 6.50. The van der Waals surface area contributed by atoms with E-state index < -0.39 is 0 Å². The highest BCUT2D eigenvalue weighted by Crippen LogP contribution is 2.32. The largest absolute Gasteiger partial charge is 0.495 e. The van der Waals surface area contributed by atoms with Crippen molar-refractivity contribution in [1.82, 2.24) is 5.32 Å². The van der Waals surface area contributed by atoms with E-state index in [1.54, 1.807) is 7.11 Å². The Balaban J connectivity index is 2.35. The number of hydrogen-bond acceptors (Lipinski definition) is 3. The van der Waals surface area contributed by atoms with E-state index in [9.17, 15) is 0 Å². The van der Waals surface area contributed by atoms with Crippen LogP contribution in [0.1, 0.15) is 26.3 Å². The zero-order chi connectivity index (χ0) is 14.0. The van der Waals surface area contributed by atoms with Gasteiger partial charge in [0, 0.05) is 25.7 Å². The number of methoxy groups -OCH3 is 1. The van der Waals surface area contributed by atoms with Gasteiger partial charge in [-0.25, -0.2) is 0 Å². The van der Waals surface area contributed by atoms with Crippen LogP contribution in [0.2, 0.25) is 0 Å². The molecule has 1 heterocycles. The number of ether oxygens (including phenoxy) is 1. The van der Waals surface area contributed by atoms with Crippen LogP contribution < -0.4 is 15.0 Å². The first kappa shape index (κ1) is 14.2. The van der Waals surface area contributed by atoms with Gasteiger partial charge in [-0.15, -0.1) is 0 Å². The number of nitrogens with one attached hydrogen (secondary N) is 1. The first-order valence-corrected chi connectivity index (χ1v) is 7.04. The monoisotopic (exact) mass is 262 g/mol. The minimum absolute atomic E-state index is 0.263. The van der Waals surface area contributed by atoms with E-state index in [-0.39, 0.29) is 5.41 Å². The van der Waals surface area contributed by atoms with Gasteiger partial charge < -0.3 is 15.0 Å². The number of benzene rings is 1. The van der Waals surface area contributed by atoms with E-state index in [4.69, 9.17) is 4.74 Å². The molecule has 0 radical (unpaired) electrons. The van der Waals surface area contributed by atoms with E-state index >= 15 is 0 Å². The molecule has 0 saturated carbocycles. The van der Waals surface area contributed by atoms with Crippen molar-refractivity contribution in [1.29, 1.82) is 0 Å². The third-order valence-electron chi connectivity index (χ3n) is 3.72. The fraction of sp³-hybridized carbons (Fsp3) is 0.625. The Bertz CT molecular complexity index is 442. The molecule has 0 amide bonds. The molecule has 1 aliphatic rings. The van der Waals surface area contributed by atoms with Crippen LogP contribution >= 0.6 is 0 Å². The summed E-state index contributed by atoms with van der Waals surface area (Å²) in [7, 11) is 1.75. The summed E-state index contributed by atoms with van der Waals surface area (Å²) >= 11 is 0. The van der Waals surface area contributed by atoms with Gasteiger partial charge in [-0.3, -0.25) is 0 Å². The maximum absolute atomic E-state index is 5.54. The molecule has 1 atom stereocenters. The minimum Gasteiger partial charge on any atom is -0.495 e. The quantitative estimate of drug-likeness (QED) is 0.887. The highest BCUT2D eigenvalue weighted by Gasteiger charge is 2.28. The summed E-state index contributed by atoms with van der Waals surface area (Å²) in [6.07, 6.45) is 0. The summed E-state index contributed by atoms with van der Waals surface area (Å²) in [6.45, 7) is 12.1. The second-order valence-electron chi connectivity index (χ2n) is 6.50. The third-order valence-corrected chi connectivity index (χ3v) is 3.72. The van der Waals surface area contributed by atoms with E-state index in [0.29, 0.717) is 6.04 Å². The zero-order valence-electron chi connectivity index (χ0n) is 12.8. The Morgan fingerprint density at radius 3 is 2.79 bits per heavy atom. The van der Waals surface area contributed by atoms with Crippen molar-refractivity contribution in [3.05, 3.63) is 23.8 Å². The van der Waals surface area contributed by atoms with Crippen LogP contribution in [0.5, 0.6) is 5.75 Å². The van der Waals surface area contributed by atoms with Gasteiger partial charge in [0.1, 0.15) is 5.75 Å². The summed E-state index contributed by atoms with van der Waals surface area (Å²) in [5, 5.41) is 3.60. The van der Waals surface area contributed by atoms with Crippen LogP contribution in [0.3, 0.4) is 0 Å². The average molecular weight is 262 g/mol. The van der Waals surface area contributed by atoms with Crippen LogP contribution in [-0.2, 0) is 0 Å². The summed E-state index contributed by atoms with van der Waals surface area (Å²) < 4.78 is 5.54. The van der Waals surface area contributed by atoms with Gasteiger partial charge in [0.05, 0.1) is 12.8 Å². The first-order valence-electron chi connectivity index (χ1n) is 7.04. The Hall–Kier alpha value is -1.22.